The van der Waals surface area contributed by atoms with Gasteiger partial charge < -0.3 is 39.8 Å². The second-order valence-corrected chi connectivity index (χ2v) is 17.1. The van der Waals surface area contributed by atoms with Crippen molar-refractivity contribution in [1.82, 2.24) is 15.6 Å². The van der Waals surface area contributed by atoms with Gasteiger partial charge in [-0.3, -0.25) is 4.79 Å². The number of phenolic OH excluding ortho intramolecular Hbond substituents is 1. The molecule has 318 valence electrons. The van der Waals surface area contributed by atoms with E-state index in [2.05, 4.69) is 45.9 Å². The van der Waals surface area contributed by atoms with Crippen molar-refractivity contribution in [1.29, 1.82) is 0 Å². The minimum absolute atomic E-state index is 0.0146. The number of ether oxygens (including phenoxy) is 2. The van der Waals surface area contributed by atoms with Crippen LogP contribution in [0.4, 0.5) is 4.79 Å². The van der Waals surface area contributed by atoms with Gasteiger partial charge in [-0.1, -0.05) is 123 Å². The fraction of sp³-hybridized carbons (Fsp3) is 0.429. The van der Waals surface area contributed by atoms with E-state index in [4.69, 9.17) is 21.1 Å². The second-order valence-electron chi connectivity index (χ2n) is 16.7. The largest absolute Gasteiger partial charge is 0.506 e. The third-order valence-corrected chi connectivity index (χ3v) is 13.0. The molecule has 5 N–H and O–H groups in total. The molecule has 11 heteroatoms. The van der Waals surface area contributed by atoms with Crippen molar-refractivity contribution < 1.29 is 29.0 Å². The summed E-state index contributed by atoms with van der Waals surface area (Å²) < 4.78 is 13.5. The highest BCUT2D eigenvalue weighted by Gasteiger charge is 2.47. The number of amides is 1. The SMILES string of the molecule is O=C(NC(c1ccccc1)c1cccc(OCCCCCCCCCNC[C@H](O)c2ccc(O)c3[nH]c(=O)ccc23)c1Cl)O[C@H]1C[N+]2(CCc3ccccc3)CCC1CC2. The summed E-state index contributed by atoms with van der Waals surface area (Å²) in [5.41, 5.74) is 3.76. The van der Waals surface area contributed by atoms with E-state index in [1.807, 2.05) is 48.5 Å². The van der Waals surface area contributed by atoms with Gasteiger partial charge in [-0.05, 0) is 54.3 Å². The summed E-state index contributed by atoms with van der Waals surface area (Å²) in [6.07, 6.45) is 9.42. The van der Waals surface area contributed by atoms with Crippen molar-refractivity contribution >= 4 is 28.6 Å². The number of aromatic amines is 1. The average molecular weight is 836 g/mol. The number of phenols is 1. The zero-order chi connectivity index (χ0) is 41.7. The van der Waals surface area contributed by atoms with Gasteiger partial charge in [0.25, 0.3) is 0 Å². The monoisotopic (exact) mass is 835 g/mol. The molecular formula is C49H60ClN4O6+. The van der Waals surface area contributed by atoms with Gasteiger partial charge in [0.15, 0.2) is 6.10 Å². The molecule has 3 atom stereocenters. The van der Waals surface area contributed by atoms with Crippen molar-refractivity contribution in [2.75, 3.05) is 45.9 Å². The summed E-state index contributed by atoms with van der Waals surface area (Å²) in [7, 11) is 0. The molecule has 3 aliphatic rings. The Labute approximate surface area is 358 Å². The molecule has 3 fully saturated rings. The van der Waals surface area contributed by atoms with Crippen LogP contribution in [0, 0.1) is 5.92 Å². The van der Waals surface area contributed by atoms with E-state index in [1.165, 1.54) is 17.7 Å². The zero-order valence-corrected chi connectivity index (χ0v) is 35.3. The molecule has 0 radical (unpaired) electrons. The highest BCUT2D eigenvalue weighted by atomic mass is 35.5. The number of aliphatic hydroxyl groups excluding tert-OH is 1. The van der Waals surface area contributed by atoms with Crippen molar-refractivity contribution in [3.8, 4) is 11.5 Å². The first kappa shape index (κ1) is 43.2. The van der Waals surface area contributed by atoms with Gasteiger partial charge >= 0.3 is 6.09 Å². The van der Waals surface area contributed by atoms with Gasteiger partial charge in [0.2, 0.25) is 5.56 Å². The number of carbonyl (C=O) groups excluding carboxylic acids is 1. The molecule has 4 aromatic carbocycles. The number of halogens is 1. The smallest absolute Gasteiger partial charge is 0.408 e. The Kier molecular flexibility index (Phi) is 15.2. The first-order chi connectivity index (χ1) is 29.3. The van der Waals surface area contributed by atoms with Crippen LogP contribution in [0.1, 0.15) is 92.2 Å². The number of hydrogen-bond acceptors (Lipinski definition) is 7. The summed E-state index contributed by atoms with van der Waals surface area (Å²) in [6, 6.07) is 32.1. The first-order valence-electron chi connectivity index (χ1n) is 21.8. The number of quaternary nitrogens is 1. The van der Waals surface area contributed by atoms with E-state index in [9.17, 15) is 19.8 Å². The number of alkyl carbamates (subject to hydrolysis) is 1. The van der Waals surface area contributed by atoms with Gasteiger partial charge in [0.05, 0.1) is 48.9 Å². The van der Waals surface area contributed by atoms with E-state index in [-0.39, 0.29) is 17.4 Å². The molecule has 1 amide bonds. The van der Waals surface area contributed by atoms with Gasteiger partial charge in [-0.25, -0.2) is 4.79 Å². The van der Waals surface area contributed by atoms with Crippen molar-refractivity contribution in [2.24, 2.45) is 5.92 Å². The first-order valence-corrected chi connectivity index (χ1v) is 22.2. The topological polar surface area (TPSA) is 133 Å². The Hall–Kier alpha value is -4.87. The summed E-state index contributed by atoms with van der Waals surface area (Å²) >= 11 is 7.04. The number of piperidine rings is 3. The lowest BCUT2D eigenvalue weighted by Gasteiger charge is -2.52. The van der Waals surface area contributed by atoms with Gasteiger partial charge in [-0.15, -0.1) is 0 Å². The maximum Gasteiger partial charge on any atom is 0.408 e. The number of benzene rings is 4. The molecule has 0 spiro atoms. The van der Waals surface area contributed by atoms with Crippen LogP contribution in [0.15, 0.2) is 108 Å². The van der Waals surface area contributed by atoms with Gasteiger partial charge in [0.1, 0.15) is 18.0 Å². The molecule has 10 nitrogen and oxygen atoms in total. The Morgan fingerprint density at radius 2 is 1.55 bits per heavy atom. The third kappa shape index (κ3) is 11.3. The number of aliphatic hydroxyl groups is 1. The predicted octanol–water partition coefficient (Wildman–Crippen LogP) is 8.99. The number of H-pyrrole nitrogens is 1. The van der Waals surface area contributed by atoms with Crippen molar-refractivity contribution in [3.05, 3.63) is 141 Å². The van der Waals surface area contributed by atoms with E-state index in [0.29, 0.717) is 46.3 Å². The van der Waals surface area contributed by atoms with Crippen LogP contribution < -0.4 is 20.9 Å². The Balaban J connectivity index is 0.821. The van der Waals surface area contributed by atoms with Crippen LogP contribution in [0.3, 0.4) is 0 Å². The lowest BCUT2D eigenvalue weighted by molar-refractivity contribution is -0.946. The molecule has 60 heavy (non-hydrogen) atoms. The predicted molar refractivity (Wildman–Crippen MR) is 238 cm³/mol. The van der Waals surface area contributed by atoms with E-state index in [0.717, 1.165) is 113 Å². The molecule has 2 bridgehead atoms. The number of unbranched alkanes of at least 4 members (excludes halogenated alkanes) is 6. The van der Waals surface area contributed by atoms with Gasteiger partial charge in [-0.2, -0.15) is 0 Å². The van der Waals surface area contributed by atoms with Crippen LogP contribution in [0.2, 0.25) is 5.02 Å². The number of pyridine rings is 1. The summed E-state index contributed by atoms with van der Waals surface area (Å²) in [5.74, 6) is 0.992. The standard InChI is InChI=1S/C49H59ClN4O6/c50-46-40(47(37-17-10-7-11-18-37)53-49(58)60-44-34-54(30-26-36(44)27-31-54)29-25-35-15-8-6-9-16-35)19-14-20-43(46)59-32-13-5-3-1-2-4-12-28-51-33-42(56)38-21-23-41(55)48-39(38)22-24-45(57)52-48/h6-11,14-24,36,42,44,47,51,56H,1-5,12-13,25-34H2,(H2-,52,53,55,57,58)/p+1/t36?,42-,44-,47?,54?/m0/s1. The number of nitrogens with one attached hydrogen (secondary N) is 3. The molecule has 4 heterocycles. The number of carbonyl (C=O) groups is 1. The molecule has 3 saturated heterocycles. The minimum Gasteiger partial charge on any atom is -0.506 e. The van der Waals surface area contributed by atoms with E-state index in [1.54, 1.807) is 12.1 Å². The van der Waals surface area contributed by atoms with Crippen LogP contribution in [-0.2, 0) is 11.2 Å². The van der Waals surface area contributed by atoms with Crippen LogP contribution in [-0.4, -0.2) is 77.8 Å². The third-order valence-electron chi connectivity index (χ3n) is 12.6. The molecule has 0 aliphatic carbocycles. The lowest BCUT2D eigenvalue weighted by Crippen LogP contribution is -2.65. The lowest BCUT2D eigenvalue weighted by atomic mass is 9.83. The fourth-order valence-corrected chi connectivity index (χ4v) is 9.42. The van der Waals surface area contributed by atoms with Gasteiger partial charge in [0, 0.05) is 48.7 Å². The number of rotatable bonds is 21. The summed E-state index contributed by atoms with van der Waals surface area (Å²) in [6.45, 7) is 5.97. The fourth-order valence-electron chi connectivity index (χ4n) is 9.13. The maximum atomic E-state index is 13.7. The molecule has 8 rings (SSSR count). The van der Waals surface area contributed by atoms with E-state index < -0.39 is 18.2 Å². The van der Waals surface area contributed by atoms with Crippen molar-refractivity contribution in [2.45, 2.75) is 82.5 Å². The molecule has 1 aromatic heterocycles. The Morgan fingerprint density at radius 1 is 0.833 bits per heavy atom. The average Bonchev–Trinajstić information content (AvgIpc) is 3.27. The normalized spacial score (nSPS) is 19.5. The number of fused-ring (bicyclic) bond motifs is 4. The number of aromatic hydroxyl groups is 1. The highest BCUT2D eigenvalue weighted by Crippen LogP contribution is 2.38. The number of hydrogen-bond donors (Lipinski definition) is 5. The number of aromatic nitrogens is 1. The maximum absolute atomic E-state index is 13.7. The van der Waals surface area contributed by atoms with Crippen LogP contribution in [0.25, 0.3) is 10.9 Å². The van der Waals surface area contributed by atoms with Crippen molar-refractivity contribution in [3.63, 3.8) is 0 Å². The Bertz CT molecular complexity index is 2190. The molecule has 1 unspecified atom stereocenters. The summed E-state index contributed by atoms with van der Waals surface area (Å²) in [4.78, 5) is 28.0. The second kappa shape index (κ2) is 21.1. The number of nitrogens with zero attached hydrogens (tertiary/aromatic N) is 1. The molecule has 3 aliphatic heterocycles. The zero-order valence-electron chi connectivity index (χ0n) is 34.5. The summed E-state index contributed by atoms with van der Waals surface area (Å²) in [5, 5.41) is 28.5. The molecular weight excluding hydrogens is 776 g/mol. The molecule has 5 aromatic rings. The van der Waals surface area contributed by atoms with Crippen LogP contribution >= 0.6 is 11.6 Å². The van der Waals surface area contributed by atoms with E-state index >= 15 is 0 Å². The Morgan fingerprint density at radius 3 is 2.32 bits per heavy atom. The molecule has 0 saturated carbocycles. The highest BCUT2D eigenvalue weighted by molar-refractivity contribution is 6.33. The quantitative estimate of drug-likeness (QED) is 0.0368. The minimum atomic E-state index is -0.755. The van der Waals surface area contributed by atoms with Crippen LogP contribution in [0.5, 0.6) is 11.5 Å².